The molecule has 0 atom stereocenters. The molecule has 4 nitrogen and oxygen atoms in total. The Morgan fingerprint density at radius 3 is 1.67 bits per heavy atom. The minimum Gasteiger partial charge on any atom is -0.185 e. The fraction of sp³-hybridized carbons (Fsp3) is 0.250. The van der Waals surface area contributed by atoms with Gasteiger partial charge in [0.25, 0.3) is 0 Å². The van der Waals surface area contributed by atoms with Gasteiger partial charge < -0.3 is 0 Å². The normalized spacial score (nSPS) is 17.8. The highest BCUT2D eigenvalue weighted by molar-refractivity contribution is 7.77. The molecule has 0 saturated carbocycles. The van der Waals surface area contributed by atoms with Crippen molar-refractivity contribution in [2.45, 2.75) is 6.92 Å². The molecule has 2 aliphatic rings. The second kappa shape index (κ2) is 4.36. The lowest BCUT2D eigenvalue weighted by Gasteiger charge is -2.31. The maximum absolute atomic E-state index is 6.39. The van der Waals surface area contributed by atoms with Crippen molar-refractivity contribution in [3.05, 3.63) is 48.5 Å². The first-order valence-corrected chi connectivity index (χ1v) is 8.79. The van der Waals surface area contributed by atoms with Gasteiger partial charge in [-0.25, -0.2) is 0 Å². The van der Waals surface area contributed by atoms with E-state index in [1.807, 2.05) is 0 Å². The predicted octanol–water partition coefficient (Wildman–Crippen LogP) is 4.44. The summed E-state index contributed by atoms with van der Waals surface area (Å²) < 4.78 is 13.4. The van der Waals surface area contributed by atoms with E-state index in [0.29, 0.717) is 6.61 Å². The van der Waals surface area contributed by atoms with Crippen molar-refractivity contribution >= 4 is 30.7 Å². The van der Waals surface area contributed by atoms with Crippen LogP contribution < -0.4 is 14.0 Å². The van der Waals surface area contributed by atoms with Crippen LogP contribution in [0.1, 0.15) is 6.92 Å². The molecule has 0 saturated heterocycles. The summed E-state index contributed by atoms with van der Waals surface area (Å²) in [6, 6.07) is 17.1. The van der Waals surface area contributed by atoms with E-state index < -0.39 is 7.94 Å². The van der Waals surface area contributed by atoms with E-state index >= 15 is 0 Å². The Bertz CT molecular complexity index is 652. The van der Waals surface area contributed by atoms with Crippen molar-refractivity contribution < 1.29 is 4.52 Å². The van der Waals surface area contributed by atoms with E-state index in [4.69, 9.17) is 4.52 Å². The predicted molar refractivity (Wildman–Crippen MR) is 90.4 cm³/mol. The minimum atomic E-state index is -2.05. The van der Waals surface area contributed by atoms with Crippen molar-refractivity contribution in [3.8, 4) is 0 Å². The van der Waals surface area contributed by atoms with Gasteiger partial charge in [-0.15, -0.1) is 4.67 Å². The molecule has 2 aromatic carbocycles. The van der Waals surface area contributed by atoms with Crippen LogP contribution in [0.5, 0.6) is 0 Å². The smallest absolute Gasteiger partial charge is 0.185 e. The van der Waals surface area contributed by atoms with E-state index in [1.54, 1.807) is 0 Å². The summed E-state index contributed by atoms with van der Waals surface area (Å²) >= 11 is 0. The molecule has 0 unspecified atom stereocenters. The van der Waals surface area contributed by atoms with Crippen LogP contribution in [-0.4, -0.2) is 20.7 Å². The van der Waals surface area contributed by atoms with Gasteiger partial charge in [0.05, 0.1) is 20.7 Å². The van der Waals surface area contributed by atoms with Crippen molar-refractivity contribution in [1.82, 2.24) is 0 Å². The highest BCUT2D eigenvalue weighted by Crippen LogP contribution is 2.82. The molecule has 108 valence electrons. The Hall–Kier alpha value is -1.77. The first kappa shape index (κ1) is 12.9. The summed E-state index contributed by atoms with van der Waals surface area (Å²) in [4.78, 5) is 0. The average molecular weight is 300 g/mol. The van der Waals surface area contributed by atoms with Crippen molar-refractivity contribution in [3.63, 3.8) is 0 Å². The third kappa shape index (κ3) is 1.42. The highest BCUT2D eigenvalue weighted by Gasteiger charge is 2.68. The molecule has 0 aliphatic carbocycles. The highest BCUT2D eigenvalue weighted by atomic mass is 31.2. The molecular weight excluding hydrogens is 281 g/mol. The summed E-state index contributed by atoms with van der Waals surface area (Å²) in [5, 5.41) is 0. The zero-order valence-corrected chi connectivity index (χ0v) is 13.4. The van der Waals surface area contributed by atoms with Crippen LogP contribution in [-0.2, 0) is 4.52 Å². The molecule has 0 spiro atoms. The van der Waals surface area contributed by atoms with Gasteiger partial charge in [-0.05, 0) is 31.2 Å². The van der Waals surface area contributed by atoms with E-state index in [0.717, 1.165) is 0 Å². The maximum atomic E-state index is 6.39. The number of para-hydroxylation sites is 4. The number of rotatable bonds is 2. The number of anilines is 4. The van der Waals surface area contributed by atoms with Gasteiger partial charge in [-0.2, -0.15) is 13.9 Å². The number of hydrogen-bond acceptors (Lipinski definition) is 4. The molecule has 0 amide bonds. The van der Waals surface area contributed by atoms with Crippen molar-refractivity contribution in [2.24, 2.45) is 0 Å². The second-order valence-corrected chi connectivity index (χ2v) is 8.15. The molecule has 21 heavy (non-hydrogen) atoms. The molecule has 0 aromatic heterocycles. The van der Waals surface area contributed by atoms with E-state index in [1.165, 1.54) is 22.7 Å². The Morgan fingerprint density at radius 1 is 0.810 bits per heavy atom. The number of hydrogen-bond donors (Lipinski definition) is 0. The molecule has 0 N–H and O–H groups in total. The number of benzene rings is 2. The SMILES string of the molecule is CCO[P+]12N(C)c3ccccc3N1c1ccccc1N2C. The molecule has 2 heterocycles. The Kier molecular flexibility index (Phi) is 2.69. The van der Waals surface area contributed by atoms with Crippen LogP contribution in [0, 0.1) is 0 Å². The fourth-order valence-electron chi connectivity index (χ4n) is 3.40. The van der Waals surface area contributed by atoms with Gasteiger partial charge in [0, 0.05) is 0 Å². The third-order valence-corrected chi connectivity index (χ3v) is 7.81. The molecule has 0 radical (unpaired) electrons. The summed E-state index contributed by atoms with van der Waals surface area (Å²) in [5.41, 5.74) is 4.94. The van der Waals surface area contributed by atoms with Crippen LogP contribution in [0.2, 0.25) is 0 Å². The molecule has 0 fully saturated rings. The molecule has 5 heteroatoms. The van der Waals surface area contributed by atoms with Crippen LogP contribution in [0.15, 0.2) is 48.5 Å². The van der Waals surface area contributed by atoms with E-state index in [9.17, 15) is 0 Å². The quantitative estimate of drug-likeness (QED) is 0.763. The van der Waals surface area contributed by atoms with Gasteiger partial charge in [-0.3, -0.25) is 0 Å². The summed E-state index contributed by atoms with van der Waals surface area (Å²) in [5.74, 6) is 0. The lowest BCUT2D eigenvalue weighted by Crippen LogP contribution is -2.33. The molecule has 0 bridgehead atoms. The zero-order valence-electron chi connectivity index (χ0n) is 12.5. The average Bonchev–Trinajstić information content (AvgIpc) is 2.91. The lowest BCUT2D eigenvalue weighted by atomic mass is 10.2. The Morgan fingerprint density at radius 2 is 1.24 bits per heavy atom. The van der Waals surface area contributed by atoms with Gasteiger partial charge in [0.2, 0.25) is 0 Å². The largest absolute Gasteiger partial charge is 0.450 e. The lowest BCUT2D eigenvalue weighted by molar-refractivity contribution is 0.363. The van der Waals surface area contributed by atoms with Gasteiger partial charge in [0.1, 0.15) is 22.7 Å². The molecule has 4 rings (SSSR count). The fourth-order valence-corrected chi connectivity index (χ4v) is 6.95. The van der Waals surface area contributed by atoms with Crippen LogP contribution in [0.3, 0.4) is 0 Å². The number of nitrogens with zero attached hydrogens (tertiary/aromatic N) is 3. The van der Waals surface area contributed by atoms with E-state index in [2.05, 4.69) is 83.6 Å². The Labute approximate surface area is 126 Å². The standard InChI is InChI=1S/C16H19N3OP/c1-4-20-21-17(2)13-9-5-7-11-15(13)19(21)16-12-8-6-10-14(16)18(21)3/h5-12H,4H2,1-3H3/q+1. The van der Waals surface area contributed by atoms with Crippen LogP contribution in [0.25, 0.3) is 0 Å². The van der Waals surface area contributed by atoms with Crippen molar-refractivity contribution in [1.29, 1.82) is 0 Å². The van der Waals surface area contributed by atoms with Crippen LogP contribution >= 0.6 is 7.94 Å². The summed E-state index contributed by atoms with van der Waals surface area (Å²) in [6.07, 6.45) is 0. The first-order chi connectivity index (χ1) is 10.2. The topological polar surface area (TPSA) is 19.0 Å². The van der Waals surface area contributed by atoms with Gasteiger partial charge in [0.15, 0.2) is 0 Å². The summed E-state index contributed by atoms with van der Waals surface area (Å²) in [7, 11) is 2.23. The molecule has 2 aliphatic heterocycles. The second-order valence-electron chi connectivity index (χ2n) is 5.27. The summed E-state index contributed by atoms with van der Waals surface area (Å²) in [6.45, 7) is 2.77. The van der Waals surface area contributed by atoms with Crippen molar-refractivity contribution in [2.75, 3.05) is 34.7 Å². The van der Waals surface area contributed by atoms with Gasteiger partial charge in [-0.1, -0.05) is 24.3 Å². The zero-order chi connectivity index (χ0) is 14.6. The number of fused-ring (bicyclic) bond motifs is 5. The van der Waals surface area contributed by atoms with Gasteiger partial charge >= 0.3 is 7.94 Å². The molecule has 2 aromatic rings. The molecular formula is C16H19N3OP+. The Balaban J connectivity index is 2.01. The maximum Gasteiger partial charge on any atom is 0.450 e. The first-order valence-electron chi connectivity index (χ1n) is 7.22. The third-order valence-electron chi connectivity index (χ3n) is 4.26. The van der Waals surface area contributed by atoms with Crippen LogP contribution in [0.4, 0.5) is 22.7 Å². The minimum absolute atomic E-state index is 0.695. The van der Waals surface area contributed by atoms with E-state index in [-0.39, 0.29) is 0 Å². The monoisotopic (exact) mass is 300 g/mol.